The van der Waals surface area contributed by atoms with Crippen molar-refractivity contribution >= 4 is 12.0 Å². The SMILES string of the molecule is CCOC(=O)N1CCC(NC(=O)c2c(C)noc2C(C)C)CC1. The Kier molecular flexibility index (Phi) is 5.63. The summed E-state index contributed by atoms with van der Waals surface area (Å²) >= 11 is 0. The summed E-state index contributed by atoms with van der Waals surface area (Å²) in [6, 6.07) is 0.0440. The van der Waals surface area contributed by atoms with Gasteiger partial charge in [0.2, 0.25) is 0 Å². The van der Waals surface area contributed by atoms with E-state index in [9.17, 15) is 9.59 Å². The second-order valence-corrected chi connectivity index (χ2v) is 6.10. The van der Waals surface area contributed by atoms with Gasteiger partial charge in [0.25, 0.3) is 5.91 Å². The van der Waals surface area contributed by atoms with Crippen molar-refractivity contribution in [3.05, 3.63) is 17.0 Å². The van der Waals surface area contributed by atoms with Crippen LogP contribution in [-0.2, 0) is 4.74 Å². The van der Waals surface area contributed by atoms with Gasteiger partial charge in [-0.25, -0.2) is 4.79 Å². The van der Waals surface area contributed by atoms with Crippen molar-refractivity contribution in [3.8, 4) is 0 Å². The summed E-state index contributed by atoms with van der Waals surface area (Å²) in [4.78, 5) is 25.9. The van der Waals surface area contributed by atoms with Crippen LogP contribution in [0.3, 0.4) is 0 Å². The Hall–Kier alpha value is -2.05. The van der Waals surface area contributed by atoms with Crippen molar-refractivity contribution in [1.29, 1.82) is 0 Å². The minimum absolute atomic E-state index is 0.0440. The monoisotopic (exact) mass is 323 g/mol. The van der Waals surface area contributed by atoms with E-state index in [4.69, 9.17) is 9.26 Å². The maximum Gasteiger partial charge on any atom is 0.409 e. The normalized spacial score (nSPS) is 15.8. The molecule has 1 aliphatic heterocycles. The summed E-state index contributed by atoms with van der Waals surface area (Å²) in [5, 5.41) is 6.93. The molecule has 0 radical (unpaired) electrons. The van der Waals surface area contributed by atoms with Crippen LogP contribution in [0.4, 0.5) is 4.79 Å². The number of amides is 2. The number of piperidine rings is 1. The third kappa shape index (κ3) is 4.03. The van der Waals surface area contributed by atoms with E-state index in [-0.39, 0.29) is 24.0 Å². The lowest BCUT2D eigenvalue weighted by molar-refractivity contribution is 0.0858. The number of hydrogen-bond acceptors (Lipinski definition) is 5. The van der Waals surface area contributed by atoms with Crippen LogP contribution in [0.5, 0.6) is 0 Å². The second-order valence-electron chi connectivity index (χ2n) is 6.10. The molecule has 1 N–H and O–H groups in total. The van der Waals surface area contributed by atoms with Crippen molar-refractivity contribution in [2.45, 2.75) is 52.5 Å². The first kappa shape index (κ1) is 17.3. The first-order valence-corrected chi connectivity index (χ1v) is 8.12. The highest BCUT2D eigenvalue weighted by Crippen LogP contribution is 2.22. The number of likely N-dealkylation sites (tertiary alicyclic amines) is 1. The molecular weight excluding hydrogens is 298 g/mol. The molecule has 0 bridgehead atoms. The van der Waals surface area contributed by atoms with E-state index >= 15 is 0 Å². The molecule has 128 valence electrons. The van der Waals surface area contributed by atoms with Gasteiger partial charge in [0.1, 0.15) is 5.56 Å². The minimum Gasteiger partial charge on any atom is -0.450 e. The van der Waals surface area contributed by atoms with Gasteiger partial charge in [-0.2, -0.15) is 0 Å². The van der Waals surface area contributed by atoms with E-state index in [0.717, 1.165) is 0 Å². The smallest absolute Gasteiger partial charge is 0.409 e. The molecule has 1 saturated heterocycles. The third-order valence-electron chi connectivity index (χ3n) is 4.00. The minimum atomic E-state index is -0.283. The first-order chi connectivity index (χ1) is 10.9. The summed E-state index contributed by atoms with van der Waals surface area (Å²) in [5.41, 5.74) is 1.14. The van der Waals surface area contributed by atoms with Crippen LogP contribution in [0.25, 0.3) is 0 Å². The van der Waals surface area contributed by atoms with Crippen molar-refractivity contribution in [2.24, 2.45) is 0 Å². The largest absolute Gasteiger partial charge is 0.450 e. The highest BCUT2D eigenvalue weighted by Gasteiger charge is 2.28. The zero-order valence-electron chi connectivity index (χ0n) is 14.2. The fourth-order valence-corrected chi connectivity index (χ4v) is 2.74. The first-order valence-electron chi connectivity index (χ1n) is 8.12. The van der Waals surface area contributed by atoms with Gasteiger partial charge >= 0.3 is 6.09 Å². The van der Waals surface area contributed by atoms with Gasteiger partial charge in [-0.3, -0.25) is 4.79 Å². The van der Waals surface area contributed by atoms with E-state index in [0.29, 0.717) is 49.6 Å². The van der Waals surface area contributed by atoms with Crippen molar-refractivity contribution in [2.75, 3.05) is 19.7 Å². The molecule has 0 atom stereocenters. The van der Waals surface area contributed by atoms with Crippen LogP contribution >= 0.6 is 0 Å². The number of aryl methyl sites for hydroxylation is 1. The highest BCUT2D eigenvalue weighted by atomic mass is 16.6. The molecular formula is C16H25N3O4. The Balaban J connectivity index is 1.93. The van der Waals surface area contributed by atoms with Crippen LogP contribution in [0.2, 0.25) is 0 Å². The number of nitrogens with zero attached hydrogens (tertiary/aromatic N) is 2. The van der Waals surface area contributed by atoms with Gasteiger partial charge in [-0.05, 0) is 26.7 Å². The summed E-state index contributed by atoms with van der Waals surface area (Å²) < 4.78 is 10.3. The lowest BCUT2D eigenvalue weighted by atomic mass is 10.0. The van der Waals surface area contributed by atoms with Gasteiger partial charge in [0, 0.05) is 25.0 Å². The Labute approximate surface area is 136 Å². The number of nitrogens with one attached hydrogen (secondary N) is 1. The number of carbonyl (C=O) groups is 2. The molecule has 0 saturated carbocycles. The topological polar surface area (TPSA) is 84.7 Å². The predicted octanol–water partition coefficient (Wildman–Crippen LogP) is 2.46. The van der Waals surface area contributed by atoms with E-state index < -0.39 is 0 Å². The van der Waals surface area contributed by atoms with E-state index in [1.54, 1.807) is 18.7 Å². The number of aromatic nitrogens is 1. The zero-order valence-corrected chi connectivity index (χ0v) is 14.2. The molecule has 0 unspecified atom stereocenters. The van der Waals surface area contributed by atoms with Crippen molar-refractivity contribution in [3.63, 3.8) is 0 Å². The molecule has 0 aromatic carbocycles. The lowest BCUT2D eigenvalue weighted by Crippen LogP contribution is -2.46. The number of rotatable bonds is 4. The van der Waals surface area contributed by atoms with Crippen LogP contribution in [0, 0.1) is 6.92 Å². The predicted molar refractivity (Wildman–Crippen MR) is 84.4 cm³/mol. The van der Waals surface area contributed by atoms with Gasteiger partial charge in [0.05, 0.1) is 12.3 Å². The summed E-state index contributed by atoms with van der Waals surface area (Å²) in [6.07, 6.45) is 1.15. The Morgan fingerprint density at radius 1 is 1.39 bits per heavy atom. The van der Waals surface area contributed by atoms with E-state index in [2.05, 4.69) is 10.5 Å². The van der Waals surface area contributed by atoms with Gasteiger partial charge < -0.3 is 19.5 Å². The van der Waals surface area contributed by atoms with Crippen molar-refractivity contribution < 1.29 is 18.8 Å². The Morgan fingerprint density at radius 3 is 2.61 bits per heavy atom. The summed E-state index contributed by atoms with van der Waals surface area (Å²) in [5.74, 6) is 0.564. The Morgan fingerprint density at radius 2 is 2.04 bits per heavy atom. The molecule has 23 heavy (non-hydrogen) atoms. The average molecular weight is 323 g/mol. The lowest BCUT2D eigenvalue weighted by Gasteiger charge is -2.31. The van der Waals surface area contributed by atoms with Gasteiger partial charge in [0.15, 0.2) is 5.76 Å². The van der Waals surface area contributed by atoms with Crippen LogP contribution in [-0.4, -0.2) is 47.8 Å². The molecule has 0 aliphatic carbocycles. The molecule has 2 heterocycles. The molecule has 2 amide bonds. The van der Waals surface area contributed by atoms with E-state index in [1.165, 1.54) is 0 Å². The molecule has 1 fully saturated rings. The van der Waals surface area contributed by atoms with Crippen LogP contribution in [0.15, 0.2) is 4.52 Å². The summed E-state index contributed by atoms with van der Waals surface area (Å²) in [6.45, 7) is 9.04. The standard InChI is InChI=1S/C16H25N3O4/c1-5-22-16(21)19-8-6-12(7-9-19)17-15(20)13-11(4)18-23-14(13)10(2)3/h10,12H,5-9H2,1-4H3,(H,17,20). The van der Waals surface area contributed by atoms with Crippen LogP contribution < -0.4 is 5.32 Å². The molecule has 7 heteroatoms. The average Bonchev–Trinajstić information content (AvgIpc) is 2.90. The molecule has 1 aromatic heterocycles. The maximum atomic E-state index is 12.5. The number of carbonyl (C=O) groups excluding carboxylic acids is 2. The quantitative estimate of drug-likeness (QED) is 0.920. The molecule has 0 spiro atoms. The van der Waals surface area contributed by atoms with E-state index in [1.807, 2.05) is 13.8 Å². The van der Waals surface area contributed by atoms with Crippen LogP contribution in [0.1, 0.15) is 61.3 Å². The fraction of sp³-hybridized carbons (Fsp3) is 0.688. The fourth-order valence-electron chi connectivity index (χ4n) is 2.74. The molecule has 1 aromatic rings. The molecule has 7 nitrogen and oxygen atoms in total. The third-order valence-corrected chi connectivity index (χ3v) is 4.00. The Bertz CT molecular complexity index is 560. The number of hydrogen-bond donors (Lipinski definition) is 1. The van der Waals surface area contributed by atoms with Gasteiger partial charge in [-0.15, -0.1) is 0 Å². The zero-order chi connectivity index (χ0) is 17.0. The highest BCUT2D eigenvalue weighted by molar-refractivity contribution is 5.96. The summed E-state index contributed by atoms with van der Waals surface area (Å²) in [7, 11) is 0. The van der Waals surface area contributed by atoms with Crippen molar-refractivity contribution in [1.82, 2.24) is 15.4 Å². The molecule has 1 aliphatic rings. The maximum absolute atomic E-state index is 12.5. The van der Waals surface area contributed by atoms with Gasteiger partial charge in [-0.1, -0.05) is 19.0 Å². The second kappa shape index (κ2) is 7.48. The molecule has 2 rings (SSSR count). The number of ether oxygens (including phenoxy) is 1.